The van der Waals surface area contributed by atoms with Crippen molar-refractivity contribution in [3.05, 3.63) is 82.3 Å². The maximum Gasteiger partial charge on any atom is 0.343 e. The van der Waals surface area contributed by atoms with E-state index in [-0.39, 0.29) is 47.3 Å². The molecule has 0 unspecified atom stereocenters. The fraction of sp³-hybridized carbons (Fsp3) is 0.488. The van der Waals surface area contributed by atoms with Gasteiger partial charge in [0.05, 0.1) is 35.6 Å². The summed E-state index contributed by atoms with van der Waals surface area (Å²) in [4.78, 5) is 95.9. The van der Waals surface area contributed by atoms with Crippen LogP contribution in [0.15, 0.2) is 48.7 Å². The van der Waals surface area contributed by atoms with E-state index in [0.717, 1.165) is 111 Å². The van der Waals surface area contributed by atoms with Crippen LogP contribution in [0.4, 0.5) is 21.1 Å². The maximum absolute atomic E-state index is 13.4. The number of piperidine rings is 3. The molecule has 314 valence electrons. The van der Waals surface area contributed by atoms with E-state index in [1.54, 1.807) is 23.2 Å². The lowest BCUT2D eigenvalue weighted by molar-refractivity contribution is -0.122. The number of anilines is 2. The average Bonchev–Trinajstić information content (AvgIpc) is 3.71. The van der Waals surface area contributed by atoms with Gasteiger partial charge < -0.3 is 25.3 Å². The number of imide groups is 2. The molecule has 0 bridgehead atoms. The minimum absolute atomic E-state index is 0.0155. The number of rotatable bonds is 9. The molecule has 6 aliphatic heterocycles. The van der Waals surface area contributed by atoms with Gasteiger partial charge >= 0.3 is 12.1 Å². The molecular formula is C43H51N11O6. The van der Waals surface area contributed by atoms with Crippen LogP contribution >= 0.6 is 0 Å². The summed E-state index contributed by atoms with van der Waals surface area (Å²) in [7, 11) is 1.84. The molecule has 7 heterocycles. The molecule has 0 saturated carbocycles. The van der Waals surface area contributed by atoms with Gasteiger partial charge in [-0.1, -0.05) is 18.2 Å². The number of hydrazine groups is 1. The summed E-state index contributed by atoms with van der Waals surface area (Å²) in [6.07, 6.45) is 8.29. The molecule has 60 heavy (non-hydrogen) atoms. The molecular weight excluding hydrogens is 767 g/mol. The second kappa shape index (κ2) is 15.8. The smallest absolute Gasteiger partial charge is 0.343 e. The highest BCUT2D eigenvalue weighted by atomic mass is 16.2. The van der Waals surface area contributed by atoms with Crippen LogP contribution in [0.2, 0.25) is 0 Å². The van der Waals surface area contributed by atoms with Gasteiger partial charge in [-0.25, -0.2) is 24.6 Å². The molecule has 17 nitrogen and oxygen atoms in total. The van der Waals surface area contributed by atoms with Crippen molar-refractivity contribution in [2.45, 2.75) is 64.0 Å². The van der Waals surface area contributed by atoms with Crippen molar-refractivity contribution in [3.8, 4) is 0 Å². The SMILES string of the molecule is CN1CCN([C@H]2CCCN(c3cnc(C(N)=O)c(Cc4ccc(N5CCC6(CCCN(Cc7ccc8c(c7)C(=O)N(N7CCC(=O)NC7=O)C8=O)C6)CC5)cc4)n3)C2)C1=O. The van der Waals surface area contributed by atoms with E-state index in [9.17, 15) is 28.8 Å². The predicted octanol–water partition coefficient (Wildman–Crippen LogP) is 2.84. The standard InChI is InChI=1S/C43H51N11O6/c1-48-20-21-52(42(48)60)31-4-2-16-51(26-31)35-24-45-37(38(44)56)34(46-35)23-28-5-8-30(9-6-28)50-18-13-43(14-19-50)12-3-15-49(27-43)25-29-7-10-32-33(22-29)40(58)54(39(32)57)53-17-11-36(55)47-41(53)59/h5-10,22,24,31H,2-4,11-21,23,25-27H2,1H3,(H2,44,56)(H,47,55,59)/t31-/m0/s1. The number of nitrogens with zero attached hydrogens (tertiary/aromatic N) is 9. The van der Waals surface area contributed by atoms with E-state index < -0.39 is 29.7 Å². The first-order valence-corrected chi connectivity index (χ1v) is 21.1. The van der Waals surface area contributed by atoms with Crippen molar-refractivity contribution in [1.29, 1.82) is 0 Å². The molecule has 8 amide bonds. The van der Waals surface area contributed by atoms with Crippen molar-refractivity contribution in [3.63, 3.8) is 0 Å². The third-order valence-corrected chi connectivity index (χ3v) is 13.3. The highest BCUT2D eigenvalue weighted by molar-refractivity contribution is 6.22. The average molecular weight is 818 g/mol. The minimum Gasteiger partial charge on any atom is -0.371 e. The van der Waals surface area contributed by atoms with Crippen LogP contribution in [0.5, 0.6) is 0 Å². The number of primary amides is 1. The van der Waals surface area contributed by atoms with Gasteiger partial charge in [0.15, 0.2) is 0 Å². The van der Waals surface area contributed by atoms with Crippen molar-refractivity contribution in [2.24, 2.45) is 11.1 Å². The molecule has 5 saturated heterocycles. The molecule has 1 aromatic heterocycles. The second-order valence-electron chi connectivity index (χ2n) is 17.2. The Bertz CT molecular complexity index is 2240. The predicted molar refractivity (Wildman–Crippen MR) is 220 cm³/mol. The van der Waals surface area contributed by atoms with Gasteiger partial charge in [-0.3, -0.25) is 29.4 Å². The molecule has 1 spiro atoms. The summed E-state index contributed by atoms with van der Waals surface area (Å²) in [6.45, 7) is 7.31. The quantitative estimate of drug-likeness (QED) is 0.302. The van der Waals surface area contributed by atoms with E-state index in [2.05, 4.69) is 49.3 Å². The molecule has 9 rings (SSSR count). The highest BCUT2D eigenvalue weighted by Gasteiger charge is 2.44. The van der Waals surface area contributed by atoms with E-state index in [1.165, 1.54) is 0 Å². The number of benzene rings is 2. The first-order chi connectivity index (χ1) is 28.9. The molecule has 17 heteroatoms. The number of carbonyl (C=O) groups is 6. The number of likely N-dealkylation sites (N-methyl/N-ethyl adjacent to an activating group) is 1. The maximum atomic E-state index is 13.4. The van der Waals surface area contributed by atoms with Crippen LogP contribution in [0.25, 0.3) is 0 Å². The number of carbonyl (C=O) groups excluding carboxylic acids is 6. The van der Waals surface area contributed by atoms with Gasteiger partial charge in [0.1, 0.15) is 11.5 Å². The molecule has 6 aliphatic rings. The molecule has 3 N–H and O–H groups in total. The fourth-order valence-corrected chi connectivity index (χ4v) is 10.0. The first kappa shape index (κ1) is 39.4. The lowest BCUT2D eigenvalue weighted by Crippen LogP contribution is -2.58. The highest BCUT2D eigenvalue weighted by Crippen LogP contribution is 2.41. The normalized spacial score (nSPS) is 22.3. The number of aromatic nitrogens is 2. The Morgan fingerprint density at radius 1 is 0.850 bits per heavy atom. The van der Waals surface area contributed by atoms with Gasteiger partial charge in [0.2, 0.25) is 5.91 Å². The second-order valence-corrected chi connectivity index (χ2v) is 17.2. The van der Waals surface area contributed by atoms with Gasteiger partial charge in [0, 0.05) is 77.9 Å². The number of nitrogens with two attached hydrogens (primary N) is 1. The molecule has 1 atom stereocenters. The lowest BCUT2D eigenvalue weighted by Gasteiger charge is -2.48. The van der Waals surface area contributed by atoms with Gasteiger partial charge in [-0.2, -0.15) is 5.01 Å². The Morgan fingerprint density at radius 2 is 1.62 bits per heavy atom. The Labute approximate surface area is 348 Å². The van der Waals surface area contributed by atoms with Gasteiger partial charge in [-0.05, 0) is 85.9 Å². The van der Waals surface area contributed by atoms with Crippen LogP contribution in [0, 0.1) is 5.41 Å². The molecule has 0 aliphatic carbocycles. The lowest BCUT2D eigenvalue weighted by atomic mass is 9.72. The van der Waals surface area contributed by atoms with Crippen molar-refractivity contribution >= 4 is 47.2 Å². The number of hydrogen-bond donors (Lipinski definition) is 2. The molecule has 3 aromatic rings. The zero-order chi connectivity index (χ0) is 41.7. The summed E-state index contributed by atoms with van der Waals surface area (Å²) < 4.78 is 0. The number of urea groups is 2. The number of amides is 8. The van der Waals surface area contributed by atoms with Gasteiger partial charge in [-0.15, -0.1) is 0 Å². The van der Waals surface area contributed by atoms with Crippen LogP contribution in [0.3, 0.4) is 0 Å². The van der Waals surface area contributed by atoms with Crippen LogP contribution < -0.4 is 20.9 Å². The molecule has 5 fully saturated rings. The Morgan fingerprint density at radius 3 is 2.35 bits per heavy atom. The Balaban J connectivity index is 0.807. The van der Waals surface area contributed by atoms with E-state index in [1.807, 2.05) is 18.0 Å². The first-order valence-electron chi connectivity index (χ1n) is 21.1. The van der Waals surface area contributed by atoms with Crippen molar-refractivity contribution in [2.75, 3.05) is 75.8 Å². The minimum atomic E-state index is -0.773. The summed E-state index contributed by atoms with van der Waals surface area (Å²) in [5.74, 6) is -1.47. The fourth-order valence-electron chi connectivity index (χ4n) is 10.0. The third kappa shape index (κ3) is 7.50. The molecule has 2 aromatic carbocycles. The van der Waals surface area contributed by atoms with Gasteiger partial charge in [0.25, 0.3) is 17.7 Å². The number of hydrogen-bond acceptors (Lipinski definition) is 11. The van der Waals surface area contributed by atoms with Crippen LogP contribution in [0.1, 0.15) is 93.0 Å². The number of likely N-dealkylation sites (tertiary alicyclic amines) is 1. The summed E-state index contributed by atoms with van der Waals surface area (Å²) in [5, 5.41) is 4.05. The Hall–Kier alpha value is -6.10. The monoisotopic (exact) mass is 817 g/mol. The topological polar surface area (TPSA) is 189 Å². The summed E-state index contributed by atoms with van der Waals surface area (Å²) >= 11 is 0. The van der Waals surface area contributed by atoms with Crippen LogP contribution in [-0.4, -0.2) is 142 Å². The van der Waals surface area contributed by atoms with E-state index >= 15 is 0 Å². The number of nitrogens with one attached hydrogen (secondary N) is 1. The zero-order valence-electron chi connectivity index (χ0n) is 34.0. The molecule has 0 radical (unpaired) electrons. The third-order valence-electron chi connectivity index (χ3n) is 13.3. The number of fused-ring (bicyclic) bond motifs is 1. The largest absolute Gasteiger partial charge is 0.371 e. The van der Waals surface area contributed by atoms with E-state index in [4.69, 9.17) is 10.7 Å². The van der Waals surface area contributed by atoms with Crippen molar-refractivity contribution in [1.82, 2.24) is 40.0 Å². The summed E-state index contributed by atoms with van der Waals surface area (Å²) in [6, 6.07) is 13.2. The Kier molecular flexibility index (Phi) is 10.4. The van der Waals surface area contributed by atoms with Crippen LogP contribution in [-0.2, 0) is 17.8 Å². The zero-order valence-corrected chi connectivity index (χ0v) is 34.0. The summed E-state index contributed by atoms with van der Waals surface area (Å²) in [5.41, 5.74) is 10.3. The van der Waals surface area contributed by atoms with Crippen molar-refractivity contribution < 1.29 is 28.8 Å². The van der Waals surface area contributed by atoms with E-state index in [0.29, 0.717) is 31.0 Å².